The van der Waals surface area contributed by atoms with Crippen LogP contribution in [0, 0.1) is 0 Å². The number of amides is 3. The van der Waals surface area contributed by atoms with Crippen molar-refractivity contribution in [3.05, 3.63) is 71.8 Å². The Balaban J connectivity index is 1.94. The van der Waals surface area contributed by atoms with Gasteiger partial charge in [0.2, 0.25) is 0 Å². The van der Waals surface area contributed by atoms with Crippen LogP contribution < -0.4 is 10.6 Å². The fourth-order valence-electron chi connectivity index (χ4n) is 2.63. The Bertz CT molecular complexity index is 721. The van der Waals surface area contributed by atoms with Gasteiger partial charge in [-0.15, -0.1) is 0 Å². The molecular formula is C21H24N2O4. The van der Waals surface area contributed by atoms with Gasteiger partial charge in [0, 0.05) is 12.0 Å². The fourth-order valence-corrected chi connectivity index (χ4v) is 2.63. The maximum Gasteiger partial charge on any atom is 0.321 e. The molecule has 2 N–H and O–H groups in total. The predicted molar refractivity (Wildman–Crippen MR) is 102 cm³/mol. The first-order valence-electron chi connectivity index (χ1n) is 8.81. The molecule has 0 aliphatic rings. The molecule has 27 heavy (non-hydrogen) atoms. The second-order valence-corrected chi connectivity index (χ2v) is 6.42. The van der Waals surface area contributed by atoms with Gasteiger partial charge in [0.1, 0.15) is 0 Å². The quantitative estimate of drug-likeness (QED) is 0.736. The molecule has 0 saturated carbocycles. The van der Waals surface area contributed by atoms with Crippen LogP contribution in [0.2, 0.25) is 0 Å². The van der Waals surface area contributed by atoms with Crippen LogP contribution in [0.25, 0.3) is 0 Å². The van der Waals surface area contributed by atoms with E-state index in [1.54, 1.807) is 13.8 Å². The average molecular weight is 368 g/mol. The first-order valence-corrected chi connectivity index (χ1v) is 8.81. The number of imide groups is 1. The van der Waals surface area contributed by atoms with Gasteiger partial charge in [0.05, 0.1) is 6.42 Å². The van der Waals surface area contributed by atoms with Crippen molar-refractivity contribution in [2.24, 2.45) is 0 Å². The zero-order chi connectivity index (χ0) is 19.6. The van der Waals surface area contributed by atoms with Crippen molar-refractivity contribution in [3.63, 3.8) is 0 Å². The summed E-state index contributed by atoms with van der Waals surface area (Å²) < 4.78 is 5.05. The molecule has 6 heteroatoms. The Morgan fingerprint density at radius 3 is 1.89 bits per heavy atom. The highest BCUT2D eigenvalue weighted by molar-refractivity contribution is 5.95. The van der Waals surface area contributed by atoms with Crippen LogP contribution in [0.3, 0.4) is 0 Å². The highest BCUT2D eigenvalue weighted by Crippen LogP contribution is 2.28. The summed E-state index contributed by atoms with van der Waals surface area (Å²) in [6.07, 6.45) is 0.0967. The molecule has 0 saturated heterocycles. The zero-order valence-corrected chi connectivity index (χ0v) is 15.5. The number of rotatable bonds is 7. The van der Waals surface area contributed by atoms with Gasteiger partial charge in [0.15, 0.2) is 6.61 Å². The number of carbonyl (C=O) groups excluding carboxylic acids is 3. The van der Waals surface area contributed by atoms with Gasteiger partial charge in [-0.3, -0.25) is 14.9 Å². The monoisotopic (exact) mass is 368 g/mol. The van der Waals surface area contributed by atoms with E-state index >= 15 is 0 Å². The Kier molecular flexibility index (Phi) is 7.55. The lowest BCUT2D eigenvalue weighted by Crippen LogP contribution is -2.44. The molecule has 142 valence electrons. The number of benzene rings is 2. The van der Waals surface area contributed by atoms with E-state index in [0.29, 0.717) is 0 Å². The number of urea groups is 1. The lowest BCUT2D eigenvalue weighted by Gasteiger charge is -2.17. The smallest absolute Gasteiger partial charge is 0.321 e. The predicted octanol–water partition coefficient (Wildman–Crippen LogP) is 2.99. The summed E-state index contributed by atoms with van der Waals surface area (Å²) in [4.78, 5) is 35.5. The molecular weight excluding hydrogens is 344 g/mol. The van der Waals surface area contributed by atoms with Gasteiger partial charge >= 0.3 is 12.0 Å². The maximum absolute atomic E-state index is 12.3. The van der Waals surface area contributed by atoms with E-state index in [-0.39, 0.29) is 18.4 Å². The molecule has 2 aromatic rings. The molecule has 6 nitrogen and oxygen atoms in total. The number of ether oxygens (including phenoxy) is 1. The standard InChI is InChI=1S/C21H24N2O4/c1-15(2)22-21(26)23-19(24)14-27-20(25)13-18(16-9-5-3-6-10-16)17-11-7-4-8-12-17/h3-12,15,18H,13-14H2,1-2H3,(H2,22,23,24,26). The molecule has 0 bridgehead atoms. The van der Waals surface area contributed by atoms with Crippen molar-refractivity contribution >= 4 is 17.9 Å². The highest BCUT2D eigenvalue weighted by atomic mass is 16.5. The number of carbonyl (C=O) groups is 3. The normalized spacial score (nSPS) is 10.5. The van der Waals surface area contributed by atoms with Crippen molar-refractivity contribution in [1.29, 1.82) is 0 Å². The van der Waals surface area contributed by atoms with E-state index < -0.39 is 24.5 Å². The number of hydrogen-bond acceptors (Lipinski definition) is 4. The van der Waals surface area contributed by atoms with E-state index in [9.17, 15) is 14.4 Å². The van der Waals surface area contributed by atoms with Crippen molar-refractivity contribution in [2.75, 3.05) is 6.61 Å². The zero-order valence-electron chi connectivity index (χ0n) is 15.5. The van der Waals surface area contributed by atoms with Gasteiger partial charge in [-0.05, 0) is 25.0 Å². The number of esters is 1. The van der Waals surface area contributed by atoms with E-state index in [4.69, 9.17) is 4.74 Å². The maximum atomic E-state index is 12.3. The molecule has 2 aromatic carbocycles. The second-order valence-electron chi connectivity index (χ2n) is 6.42. The Morgan fingerprint density at radius 2 is 1.41 bits per heavy atom. The molecule has 0 fully saturated rings. The highest BCUT2D eigenvalue weighted by Gasteiger charge is 2.20. The molecule has 0 atom stereocenters. The number of hydrogen-bond donors (Lipinski definition) is 2. The van der Waals surface area contributed by atoms with Crippen molar-refractivity contribution < 1.29 is 19.1 Å². The SMILES string of the molecule is CC(C)NC(=O)NC(=O)COC(=O)CC(c1ccccc1)c1ccccc1. The van der Waals surface area contributed by atoms with Crippen LogP contribution >= 0.6 is 0 Å². The summed E-state index contributed by atoms with van der Waals surface area (Å²) in [5.74, 6) is -1.35. The lowest BCUT2D eigenvalue weighted by molar-refractivity contribution is -0.148. The third-order valence-corrected chi connectivity index (χ3v) is 3.81. The van der Waals surface area contributed by atoms with Gasteiger partial charge in [-0.25, -0.2) is 4.79 Å². The van der Waals surface area contributed by atoms with Crippen molar-refractivity contribution in [1.82, 2.24) is 10.6 Å². The summed E-state index contributed by atoms with van der Waals surface area (Å²) >= 11 is 0. The van der Waals surface area contributed by atoms with Crippen LogP contribution in [0.4, 0.5) is 4.79 Å². The average Bonchev–Trinajstić information content (AvgIpc) is 2.65. The van der Waals surface area contributed by atoms with Crippen LogP contribution in [0.1, 0.15) is 37.3 Å². The van der Waals surface area contributed by atoms with Gasteiger partial charge in [0.25, 0.3) is 5.91 Å². The first-order chi connectivity index (χ1) is 13.0. The van der Waals surface area contributed by atoms with Gasteiger partial charge in [-0.1, -0.05) is 60.7 Å². The third kappa shape index (κ3) is 6.93. The van der Waals surface area contributed by atoms with Gasteiger partial charge in [-0.2, -0.15) is 0 Å². The summed E-state index contributed by atoms with van der Waals surface area (Å²) in [7, 11) is 0. The van der Waals surface area contributed by atoms with E-state index in [0.717, 1.165) is 11.1 Å². The molecule has 0 spiro atoms. The topological polar surface area (TPSA) is 84.5 Å². The summed E-state index contributed by atoms with van der Waals surface area (Å²) in [5.41, 5.74) is 1.97. The molecule has 0 heterocycles. The molecule has 3 amide bonds. The van der Waals surface area contributed by atoms with E-state index in [1.807, 2.05) is 60.7 Å². The van der Waals surface area contributed by atoms with Crippen LogP contribution in [-0.4, -0.2) is 30.6 Å². The fraction of sp³-hybridized carbons (Fsp3) is 0.286. The molecule has 2 rings (SSSR count). The summed E-state index contributed by atoms with van der Waals surface area (Å²) in [5, 5.41) is 4.64. The molecule has 0 aromatic heterocycles. The van der Waals surface area contributed by atoms with Gasteiger partial charge < -0.3 is 10.1 Å². The summed E-state index contributed by atoms with van der Waals surface area (Å²) in [6, 6.07) is 18.6. The lowest BCUT2D eigenvalue weighted by atomic mass is 9.89. The minimum absolute atomic E-state index is 0.0967. The van der Waals surface area contributed by atoms with E-state index in [1.165, 1.54) is 0 Å². The minimum atomic E-state index is -0.669. The first kappa shape index (κ1) is 20.2. The second kappa shape index (κ2) is 10.1. The largest absolute Gasteiger partial charge is 0.456 e. The van der Waals surface area contributed by atoms with Crippen molar-refractivity contribution in [3.8, 4) is 0 Å². The van der Waals surface area contributed by atoms with Crippen LogP contribution in [0.15, 0.2) is 60.7 Å². The van der Waals surface area contributed by atoms with Crippen molar-refractivity contribution in [2.45, 2.75) is 32.2 Å². The minimum Gasteiger partial charge on any atom is -0.456 e. The Labute approximate surface area is 158 Å². The van der Waals surface area contributed by atoms with E-state index in [2.05, 4.69) is 10.6 Å². The van der Waals surface area contributed by atoms with Crippen LogP contribution in [-0.2, 0) is 14.3 Å². The molecule has 0 aliphatic carbocycles. The molecule has 0 unspecified atom stereocenters. The Hall–Kier alpha value is -3.15. The Morgan fingerprint density at radius 1 is 0.889 bits per heavy atom. The molecule has 0 radical (unpaired) electrons. The number of nitrogens with one attached hydrogen (secondary N) is 2. The summed E-state index contributed by atoms with van der Waals surface area (Å²) in [6.45, 7) is 3.05. The van der Waals surface area contributed by atoms with Crippen LogP contribution in [0.5, 0.6) is 0 Å². The third-order valence-electron chi connectivity index (χ3n) is 3.81. The molecule has 0 aliphatic heterocycles.